The topological polar surface area (TPSA) is 40.5 Å². The summed E-state index contributed by atoms with van der Waals surface area (Å²) in [5, 5.41) is 9.18. The number of benzene rings is 1. The molecule has 0 bridgehead atoms. The Kier molecular flexibility index (Phi) is 4.38. The van der Waals surface area contributed by atoms with Crippen LogP contribution in [0.5, 0.6) is 0 Å². The van der Waals surface area contributed by atoms with Crippen LogP contribution in [0, 0.1) is 5.41 Å². The van der Waals surface area contributed by atoms with Crippen molar-refractivity contribution >= 4 is 12.0 Å². The molecular formula is C16H21NO2. The standard InChI is InChI=1S/C16H21NO2/c1-16(15(18)19)9-12-17(13-10-16)11-5-8-14-6-3-2-4-7-14/h2-8H,9-13H2,1H3,(H,18,19). The number of hydrogen-bond donors (Lipinski definition) is 1. The molecule has 1 aromatic rings. The van der Waals surface area contributed by atoms with Gasteiger partial charge in [-0.2, -0.15) is 0 Å². The van der Waals surface area contributed by atoms with Crippen LogP contribution in [0.25, 0.3) is 6.08 Å². The van der Waals surface area contributed by atoms with E-state index in [0.29, 0.717) is 0 Å². The van der Waals surface area contributed by atoms with Gasteiger partial charge in [-0.25, -0.2) is 0 Å². The van der Waals surface area contributed by atoms with Crippen LogP contribution in [0.3, 0.4) is 0 Å². The first-order valence-corrected chi connectivity index (χ1v) is 6.77. The highest BCUT2D eigenvalue weighted by atomic mass is 16.4. The van der Waals surface area contributed by atoms with Crippen molar-refractivity contribution in [1.82, 2.24) is 4.90 Å². The summed E-state index contributed by atoms with van der Waals surface area (Å²) in [5.74, 6) is -0.660. The Labute approximate surface area is 114 Å². The van der Waals surface area contributed by atoms with Crippen LogP contribution in [-0.4, -0.2) is 35.6 Å². The molecule has 19 heavy (non-hydrogen) atoms. The maximum absolute atomic E-state index is 11.1. The highest BCUT2D eigenvalue weighted by Gasteiger charge is 2.36. The number of likely N-dealkylation sites (tertiary alicyclic amines) is 1. The third kappa shape index (κ3) is 3.67. The van der Waals surface area contributed by atoms with Crippen LogP contribution in [0.15, 0.2) is 36.4 Å². The molecule has 1 saturated heterocycles. The molecule has 1 fully saturated rings. The van der Waals surface area contributed by atoms with Crippen molar-refractivity contribution in [3.05, 3.63) is 42.0 Å². The highest BCUT2D eigenvalue weighted by Crippen LogP contribution is 2.30. The summed E-state index contributed by atoms with van der Waals surface area (Å²) in [6, 6.07) is 10.2. The molecule has 1 aliphatic heterocycles. The zero-order valence-corrected chi connectivity index (χ0v) is 11.4. The molecule has 0 amide bonds. The third-order valence-corrected chi connectivity index (χ3v) is 3.95. The second kappa shape index (κ2) is 6.02. The van der Waals surface area contributed by atoms with Crippen LogP contribution in [0.2, 0.25) is 0 Å². The third-order valence-electron chi connectivity index (χ3n) is 3.95. The maximum Gasteiger partial charge on any atom is 0.309 e. The van der Waals surface area contributed by atoms with E-state index >= 15 is 0 Å². The van der Waals surface area contributed by atoms with E-state index in [1.54, 1.807) is 0 Å². The van der Waals surface area contributed by atoms with Crippen molar-refractivity contribution in [3.8, 4) is 0 Å². The van der Waals surface area contributed by atoms with Gasteiger partial charge in [-0.3, -0.25) is 9.69 Å². The predicted octanol–water partition coefficient (Wildman–Crippen LogP) is 2.89. The first-order chi connectivity index (χ1) is 9.10. The number of carbonyl (C=O) groups is 1. The lowest BCUT2D eigenvalue weighted by molar-refractivity contribution is -0.150. The van der Waals surface area contributed by atoms with Gasteiger partial charge in [0.15, 0.2) is 0 Å². The van der Waals surface area contributed by atoms with Gasteiger partial charge in [0.25, 0.3) is 0 Å². The summed E-state index contributed by atoms with van der Waals surface area (Å²) in [5.41, 5.74) is 0.675. The van der Waals surface area contributed by atoms with Crippen LogP contribution in [0.1, 0.15) is 25.3 Å². The van der Waals surface area contributed by atoms with E-state index in [1.807, 2.05) is 25.1 Å². The Balaban J connectivity index is 1.80. The van der Waals surface area contributed by atoms with Gasteiger partial charge in [-0.05, 0) is 38.4 Å². The lowest BCUT2D eigenvalue weighted by atomic mass is 9.80. The molecule has 1 aromatic carbocycles. The fourth-order valence-electron chi connectivity index (χ4n) is 2.35. The second-order valence-electron chi connectivity index (χ2n) is 5.48. The molecule has 1 aliphatic rings. The van der Waals surface area contributed by atoms with Crippen molar-refractivity contribution in [2.24, 2.45) is 5.41 Å². The molecule has 0 radical (unpaired) electrons. The van der Waals surface area contributed by atoms with Gasteiger partial charge < -0.3 is 5.11 Å². The molecule has 0 saturated carbocycles. The monoisotopic (exact) mass is 259 g/mol. The van der Waals surface area contributed by atoms with Crippen molar-refractivity contribution < 1.29 is 9.90 Å². The van der Waals surface area contributed by atoms with Crippen molar-refractivity contribution in [2.75, 3.05) is 19.6 Å². The smallest absolute Gasteiger partial charge is 0.309 e. The normalized spacial score (nSPS) is 19.6. The van der Waals surface area contributed by atoms with E-state index in [0.717, 1.165) is 32.5 Å². The Bertz CT molecular complexity index is 445. The van der Waals surface area contributed by atoms with E-state index < -0.39 is 11.4 Å². The van der Waals surface area contributed by atoms with Gasteiger partial charge in [0.2, 0.25) is 0 Å². The molecule has 1 N–H and O–H groups in total. The van der Waals surface area contributed by atoms with Gasteiger partial charge in [-0.15, -0.1) is 0 Å². The Hall–Kier alpha value is -1.61. The zero-order chi connectivity index (χ0) is 13.7. The van der Waals surface area contributed by atoms with E-state index in [-0.39, 0.29) is 0 Å². The van der Waals surface area contributed by atoms with Crippen LogP contribution in [-0.2, 0) is 4.79 Å². The average molecular weight is 259 g/mol. The number of aliphatic carboxylic acids is 1. The van der Waals surface area contributed by atoms with Crippen molar-refractivity contribution in [1.29, 1.82) is 0 Å². The molecule has 3 heteroatoms. The van der Waals surface area contributed by atoms with E-state index in [1.165, 1.54) is 5.56 Å². The Morgan fingerprint density at radius 1 is 1.32 bits per heavy atom. The molecule has 1 heterocycles. The molecule has 0 aliphatic carbocycles. The molecule has 2 rings (SSSR count). The minimum absolute atomic E-state index is 0.528. The number of piperidine rings is 1. The Morgan fingerprint density at radius 3 is 2.53 bits per heavy atom. The highest BCUT2D eigenvalue weighted by molar-refractivity contribution is 5.74. The lowest BCUT2D eigenvalue weighted by Gasteiger charge is -2.35. The van der Waals surface area contributed by atoms with Crippen LogP contribution < -0.4 is 0 Å². The van der Waals surface area contributed by atoms with Gasteiger partial charge in [-0.1, -0.05) is 42.5 Å². The number of carboxylic acid groups (broad SMARTS) is 1. The molecular weight excluding hydrogens is 238 g/mol. The Morgan fingerprint density at radius 2 is 1.95 bits per heavy atom. The zero-order valence-electron chi connectivity index (χ0n) is 11.4. The largest absolute Gasteiger partial charge is 0.481 e. The lowest BCUT2D eigenvalue weighted by Crippen LogP contribution is -2.42. The summed E-state index contributed by atoms with van der Waals surface area (Å²) in [4.78, 5) is 13.5. The van der Waals surface area contributed by atoms with Gasteiger partial charge >= 0.3 is 5.97 Å². The molecule has 0 atom stereocenters. The fraction of sp³-hybridized carbons (Fsp3) is 0.438. The predicted molar refractivity (Wildman–Crippen MR) is 76.9 cm³/mol. The van der Waals surface area contributed by atoms with Gasteiger partial charge in [0.05, 0.1) is 5.41 Å². The number of rotatable bonds is 4. The second-order valence-corrected chi connectivity index (χ2v) is 5.48. The maximum atomic E-state index is 11.1. The first kappa shape index (κ1) is 13.8. The van der Waals surface area contributed by atoms with Crippen LogP contribution in [0.4, 0.5) is 0 Å². The molecule has 0 spiro atoms. The summed E-state index contributed by atoms with van der Waals surface area (Å²) < 4.78 is 0. The summed E-state index contributed by atoms with van der Waals surface area (Å²) >= 11 is 0. The first-order valence-electron chi connectivity index (χ1n) is 6.77. The quantitative estimate of drug-likeness (QED) is 0.904. The van der Waals surface area contributed by atoms with E-state index in [2.05, 4.69) is 29.2 Å². The molecule has 0 unspecified atom stereocenters. The average Bonchev–Trinajstić information content (AvgIpc) is 2.42. The van der Waals surface area contributed by atoms with Gasteiger partial charge in [0.1, 0.15) is 0 Å². The van der Waals surface area contributed by atoms with E-state index in [4.69, 9.17) is 0 Å². The summed E-state index contributed by atoms with van der Waals surface area (Å²) in [7, 11) is 0. The summed E-state index contributed by atoms with van der Waals surface area (Å²) in [6.07, 6.45) is 5.74. The molecule has 3 nitrogen and oxygen atoms in total. The van der Waals surface area contributed by atoms with Gasteiger partial charge in [0, 0.05) is 6.54 Å². The minimum atomic E-state index is -0.660. The van der Waals surface area contributed by atoms with Crippen LogP contribution >= 0.6 is 0 Å². The SMILES string of the molecule is CC1(C(=O)O)CCN(CC=Cc2ccccc2)CC1. The van der Waals surface area contributed by atoms with E-state index in [9.17, 15) is 9.90 Å². The molecule has 0 aromatic heterocycles. The number of nitrogens with zero attached hydrogens (tertiary/aromatic N) is 1. The van der Waals surface area contributed by atoms with Crippen molar-refractivity contribution in [2.45, 2.75) is 19.8 Å². The number of carboxylic acids is 1. The van der Waals surface area contributed by atoms with Crippen molar-refractivity contribution in [3.63, 3.8) is 0 Å². The number of hydrogen-bond acceptors (Lipinski definition) is 2. The summed E-state index contributed by atoms with van der Waals surface area (Å²) in [6.45, 7) is 4.47. The fourth-order valence-corrected chi connectivity index (χ4v) is 2.35. The molecule has 102 valence electrons. The minimum Gasteiger partial charge on any atom is -0.481 e.